The van der Waals surface area contributed by atoms with Crippen LogP contribution in [0.15, 0.2) is 24.3 Å². The molecule has 0 radical (unpaired) electrons. The number of rotatable bonds is 4. The fraction of sp³-hybridized carbons (Fsp3) is 0.500. The molecule has 1 aromatic rings. The van der Waals surface area contributed by atoms with Crippen LogP contribution in [0.1, 0.15) is 31.4 Å². The number of hydrogen-bond donors (Lipinski definition) is 0. The van der Waals surface area contributed by atoms with Crippen molar-refractivity contribution in [2.24, 2.45) is 0 Å². The first-order valence-electron chi connectivity index (χ1n) is 5.21. The zero-order valence-electron chi connectivity index (χ0n) is 9.34. The third kappa shape index (κ3) is 3.52. The Balaban J connectivity index is 2.80. The molecule has 1 aromatic carbocycles. The van der Waals surface area contributed by atoms with Gasteiger partial charge in [-0.3, -0.25) is 0 Å². The molecular weight excluding hydrogens is 217 g/mol. The minimum atomic E-state index is -4.31. The van der Waals surface area contributed by atoms with Crippen molar-refractivity contribution in [2.45, 2.75) is 39.2 Å². The van der Waals surface area contributed by atoms with Gasteiger partial charge in [-0.05, 0) is 25.0 Å². The molecule has 0 amide bonds. The Bertz CT molecular complexity index is 333. The van der Waals surface area contributed by atoms with Crippen molar-refractivity contribution in [3.63, 3.8) is 0 Å². The fourth-order valence-electron chi connectivity index (χ4n) is 1.27. The van der Waals surface area contributed by atoms with Crippen LogP contribution in [-0.2, 0) is 17.5 Å². The van der Waals surface area contributed by atoms with Gasteiger partial charge in [0, 0.05) is 0 Å². The molecule has 0 bridgehead atoms. The van der Waals surface area contributed by atoms with Crippen molar-refractivity contribution in [3.05, 3.63) is 35.4 Å². The van der Waals surface area contributed by atoms with Gasteiger partial charge in [0.05, 0.1) is 18.3 Å². The molecule has 0 aromatic heterocycles. The van der Waals surface area contributed by atoms with E-state index in [2.05, 4.69) is 0 Å². The van der Waals surface area contributed by atoms with Crippen LogP contribution in [-0.4, -0.2) is 6.10 Å². The minimum absolute atomic E-state index is 0.00465. The fourth-order valence-corrected chi connectivity index (χ4v) is 1.27. The normalized spacial score (nSPS) is 13.8. The Morgan fingerprint density at radius 2 is 1.88 bits per heavy atom. The van der Waals surface area contributed by atoms with Crippen LogP contribution in [0, 0.1) is 0 Å². The Hall–Kier alpha value is -1.03. The van der Waals surface area contributed by atoms with E-state index in [4.69, 9.17) is 4.74 Å². The molecule has 0 fully saturated rings. The van der Waals surface area contributed by atoms with Crippen molar-refractivity contribution >= 4 is 0 Å². The van der Waals surface area contributed by atoms with Crippen molar-refractivity contribution in [3.8, 4) is 0 Å². The van der Waals surface area contributed by atoms with E-state index in [0.717, 1.165) is 12.5 Å². The van der Waals surface area contributed by atoms with E-state index in [1.165, 1.54) is 12.1 Å². The van der Waals surface area contributed by atoms with Crippen LogP contribution in [0.5, 0.6) is 0 Å². The molecule has 0 N–H and O–H groups in total. The molecule has 4 heteroatoms. The molecule has 16 heavy (non-hydrogen) atoms. The summed E-state index contributed by atoms with van der Waals surface area (Å²) >= 11 is 0. The van der Waals surface area contributed by atoms with E-state index in [0.29, 0.717) is 0 Å². The summed E-state index contributed by atoms with van der Waals surface area (Å²) in [6.07, 6.45) is -3.55. The summed E-state index contributed by atoms with van der Waals surface area (Å²) in [5.74, 6) is 0. The van der Waals surface area contributed by atoms with E-state index < -0.39 is 11.7 Å². The number of hydrogen-bond acceptors (Lipinski definition) is 1. The quantitative estimate of drug-likeness (QED) is 0.761. The maximum Gasteiger partial charge on any atom is 0.416 e. The molecule has 1 atom stereocenters. The van der Waals surface area contributed by atoms with E-state index in [-0.39, 0.29) is 18.3 Å². The first kappa shape index (κ1) is 13.0. The topological polar surface area (TPSA) is 9.23 Å². The van der Waals surface area contributed by atoms with E-state index in [1.54, 1.807) is 6.07 Å². The van der Waals surface area contributed by atoms with Gasteiger partial charge < -0.3 is 4.74 Å². The molecule has 90 valence electrons. The molecule has 1 rings (SSSR count). The van der Waals surface area contributed by atoms with Crippen LogP contribution in [0.2, 0.25) is 0 Å². The van der Waals surface area contributed by atoms with Gasteiger partial charge in [-0.25, -0.2) is 0 Å². The van der Waals surface area contributed by atoms with E-state index in [9.17, 15) is 13.2 Å². The van der Waals surface area contributed by atoms with Crippen LogP contribution >= 0.6 is 0 Å². The summed E-state index contributed by atoms with van der Waals surface area (Å²) in [4.78, 5) is 0. The SMILES string of the molecule is CCC(C)OCc1ccccc1C(F)(F)F. The monoisotopic (exact) mass is 232 g/mol. The van der Waals surface area contributed by atoms with Gasteiger partial charge >= 0.3 is 6.18 Å². The number of ether oxygens (including phenoxy) is 1. The highest BCUT2D eigenvalue weighted by Gasteiger charge is 2.32. The summed E-state index contributed by atoms with van der Waals surface area (Å²) in [6, 6.07) is 5.50. The summed E-state index contributed by atoms with van der Waals surface area (Å²) in [7, 11) is 0. The largest absolute Gasteiger partial charge is 0.416 e. The number of benzene rings is 1. The van der Waals surface area contributed by atoms with Gasteiger partial charge in [0.15, 0.2) is 0 Å². The van der Waals surface area contributed by atoms with Crippen molar-refractivity contribution in [2.75, 3.05) is 0 Å². The zero-order chi connectivity index (χ0) is 12.2. The average Bonchev–Trinajstić information content (AvgIpc) is 2.25. The van der Waals surface area contributed by atoms with Gasteiger partial charge in [-0.15, -0.1) is 0 Å². The maximum absolute atomic E-state index is 12.6. The third-order valence-corrected chi connectivity index (χ3v) is 2.42. The second kappa shape index (κ2) is 5.34. The lowest BCUT2D eigenvalue weighted by atomic mass is 10.1. The maximum atomic E-state index is 12.6. The molecule has 0 spiro atoms. The Labute approximate surface area is 93.2 Å². The number of halogens is 3. The molecule has 0 saturated heterocycles. The predicted molar refractivity (Wildman–Crippen MR) is 56.0 cm³/mol. The van der Waals surface area contributed by atoms with Crippen molar-refractivity contribution in [1.29, 1.82) is 0 Å². The van der Waals surface area contributed by atoms with Gasteiger partial charge in [0.1, 0.15) is 0 Å². The van der Waals surface area contributed by atoms with Crippen LogP contribution < -0.4 is 0 Å². The summed E-state index contributed by atoms with van der Waals surface area (Å²) in [5, 5.41) is 0. The van der Waals surface area contributed by atoms with Gasteiger partial charge in [-0.2, -0.15) is 13.2 Å². The predicted octanol–water partition coefficient (Wildman–Crippen LogP) is 4.02. The molecule has 0 saturated carbocycles. The second-order valence-electron chi connectivity index (χ2n) is 3.68. The van der Waals surface area contributed by atoms with Crippen LogP contribution in [0.3, 0.4) is 0 Å². The standard InChI is InChI=1S/C12H15F3O/c1-3-9(2)16-8-10-6-4-5-7-11(10)12(13,14)15/h4-7,9H,3,8H2,1-2H3. The molecule has 0 aliphatic heterocycles. The zero-order valence-corrected chi connectivity index (χ0v) is 9.34. The lowest BCUT2D eigenvalue weighted by molar-refractivity contribution is -0.139. The van der Waals surface area contributed by atoms with E-state index in [1.807, 2.05) is 13.8 Å². The Morgan fingerprint density at radius 1 is 1.25 bits per heavy atom. The van der Waals surface area contributed by atoms with Gasteiger partial charge in [0.25, 0.3) is 0 Å². The van der Waals surface area contributed by atoms with E-state index >= 15 is 0 Å². The van der Waals surface area contributed by atoms with Crippen LogP contribution in [0.4, 0.5) is 13.2 Å². The molecular formula is C12H15F3O. The van der Waals surface area contributed by atoms with Crippen molar-refractivity contribution in [1.82, 2.24) is 0 Å². The second-order valence-corrected chi connectivity index (χ2v) is 3.68. The van der Waals surface area contributed by atoms with Gasteiger partial charge in [0.2, 0.25) is 0 Å². The lowest BCUT2D eigenvalue weighted by Crippen LogP contribution is -2.12. The highest BCUT2D eigenvalue weighted by atomic mass is 19.4. The highest BCUT2D eigenvalue weighted by molar-refractivity contribution is 5.28. The Kier molecular flexibility index (Phi) is 4.35. The summed E-state index contributed by atoms with van der Waals surface area (Å²) in [5.41, 5.74) is -0.423. The highest BCUT2D eigenvalue weighted by Crippen LogP contribution is 2.32. The lowest BCUT2D eigenvalue weighted by Gasteiger charge is -2.15. The Morgan fingerprint density at radius 3 is 2.44 bits per heavy atom. The summed E-state index contributed by atoms with van der Waals surface area (Å²) < 4.78 is 43.1. The van der Waals surface area contributed by atoms with Gasteiger partial charge in [-0.1, -0.05) is 25.1 Å². The molecule has 1 nitrogen and oxygen atoms in total. The molecule has 1 unspecified atom stereocenters. The first-order chi connectivity index (χ1) is 7.45. The first-order valence-corrected chi connectivity index (χ1v) is 5.21. The smallest absolute Gasteiger partial charge is 0.374 e. The average molecular weight is 232 g/mol. The van der Waals surface area contributed by atoms with Crippen LogP contribution in [0.25, 0.3) is 0 Å². The molecule has 0 aliphatic rings. The summed E-state index contributed by atoms with van der Waals surface area (Å²) in [6.45, 7) is 3.78. The molecule has 0 heterocycles. The molecule has 0 aliphatic carbocycles. The number of alkyl halides is 3. The van der Waals surface area contributed by atoms with Crippen molar-refractivity contribution < 1.29 is 17.9 Å². The third-order valence-electron chi connectivity index (χ3n) is 2.42. The minimum Gasteiger partial charge on any atom is -0.374 e.